The summed E-state index contributed by atoms with van der Waals surface area (Å²) in [5.74, 6) is 1.88. The first-order chi connectivity index (χ1) is 13.2. The number of piperidine rings is 1. The Balaban J connectivity index is 1.57. The maximum atomic E-state index is 12.3. The molecule has 1 atom stereocenters. The molecule has 1 fully saturated rings. The highest BCUT2D eigenvalue weighted by atomic mass is 16.5. The van der Waals surface area contributed by atoms with Crippen molar-refractivity contribution in [3.8, 4) is 0 Å². The Bertz CT molecular complexity index is 976. The standard InChI is InChI=1S/C17H23N7O3/c1-23-15-11(9-18-23)16(25)20-14(19-15)10-24-7-4-3-5-12(24)17-21-13(22-27-17)6-8-26-2/h9,12H,3-8,10H2,1-2H3,(H,19,20,25)/t12-/m0/s1. The number of nitrogens with one attached hydrogen (secondary N) is 1. The van der Waals surface area contributed by atoms with Crippen molar-refractivity contribution in [3.63, 3.8) is 0 Å². The predicted octanol–water partition coefficient (Wildman–Crippen LogP) is 0.956. The van der Waals surface area contributed by atoms with E-state index in [4.69, 9.17) is 9.26 Å². The van der Waals surface area contributed by atoms with Gasteiger partial charge in [0, 0.05) is 20.6 Å². The molecule has 1 aliphatic heterocycles. The molecule has 3 aromatic rings. The Hall–Kier alpha value is -2.59. The number of hydrogen-bond acceptors (Lipinski definition) is 8. The lowest BCUT2D eigenvalue weighted by atomic mass is 10.0. The van der Waals surface area contributed by atoms with E-state index in [1.807, 2.05) is 0 Å². The van der Waals surface area contributed by atoms with E-state index in [9.17, 15) is 4.79 Å². The molecule has 144 valence electrons. The number of likely N-dealkylation sites (tertiary alicyclic amines) is 1. The second-order valence-corrected chi connectivity index (χ2v) is 6.79. The van der Waals surface area contributed by atoms with Crippen molar-refractivity contribution < 1.29 is 9.26 Å². The van der Waals surface area contributed by atoms with Crippen LogP contribution in [0.2, 0.25) is 0 Å². The summed E-state index contributed by atoms with van der Waals surface area (Å²) >= 11 is 0. The van der Waals surface area contributed by atoms with Gasteiger partial charge in [-0.1, -0.05) is 11.6 Å². The molecule has 27 heavy (non-hydrogen) atoms. The molecular formula is C17H23N7O3. The van der Waals surface area contributed by atoms with E-state index < -0.39 is 0 Å². The summed E-state index contributed by atoms with van der Waals surface area (Å²) in [4.78, 5) is 26.5. The second kappa shape index (κ2) is 7.57. The smallest absolute Gasteiger partial charge is 0.262 e. The first-order valence-electron chi connectivity index (χ1n) is 9.12. The van der Waals surface area contributed by atoms with Gasteiger partial charge in [0.2, 0.25) is 5.89 Å². The molecule has 0 amide bonds. The van der Waals surface area contributed by atoms with Crippen molar-refractivity contribution in [3.05, 3.63) is 34.1 Å². The molecule has 1 saturated heterocycles. The van der Waals surface area contributed by atoms with Gasteiger partial charge in [0.15, 0.2) is 11.5 Å². The number of aromatic nitrogens is 6. The lowest BCUT2D eigenvalue weighted by Crippen LogP contribution is -2.34. The molecule has 10 heteroatoms. The molecule has 3 aromatic heterocycles. The first kappa shape index (κ1) is 17.8. The third-order valence-electron chi connectivity index (χ3n) is 4.92. The number of ether oxygens (including phenoxy) is 1. The van der Waals surface area contributed by atoms with Gasteiger partial charge >= 0.3 is 0 Å². The van der Waals surface area contributed by atoms with Gasteiger partial charge in [-0.15, -0.1) is 0 Å². The number of H-pyrrole nitrogens is 1. The normalized spacial score (nSPS) is 18.4. The van der Waals surface area contributed by atoms with Crippen molar-refractivity contribution in [2.45, 2.75) is 38.3 Å². The Morgan fingerprint density at radius 3 is 3.11 bits per heavy atom. The second-order valence-electron chi connectivity index (χ2n) is 6.79. The summed E-state index contributed by atoms with van der Waals surface area (Å²) in [5, 5.41) is 8.66. The summed E-state index contributed by atoms with van der Waals surface area (Å²) in [6, 6.07) is 0.0232. The molecule has 0 radical (unpaired) electrons. The van der Waals surface area contributed by atoms with E-state index >= 15 is 0 Å². The molecule has 0 saturated carbocycles. The van der Waals surface area contributed by atoms with Crippen LogP contribution in [-0.4, -0.2) is 55.1 Å². The average Bonchev–Trinajstić information content (AvgIpc) is 3.28. The molecule has 4 heterocycles. The van der Waals surface area contributed by atoms with Crippen LogP contribution in [0.25, 0.3) is 11.0 Å². The van der Waals surface area contributed by atoms with Crippen LogP contribution in [0.5, 0.6) is 0 Å². The quantitative estimate of drug-likeness (QED) is 0.679. The molecule has 1 aliphatic rings. The largest absolute Gasteiger partial charge is 0.384 e. The zero-order valence-electron chi connectivity index (χ0n) is 15.5. The molecular weight excluding hydrogens is 350 g/mol. The molecule has 0 aliphatic carbocycles. The molecule has 0 aromatic carbocycles. The number of fused-ring (bicyclic) bond motifs is 1. The van der Waals surface area contributed by atoms with E-state index in [0.717, 1.165) is 25.8 Å². The Labute approximate surface area is 155 Å². The number of hydrogen-bond donors (Lipinski definition) is 1. The van der Waals surface area contributed by atoms with Gasteiger partial charge in [0.05, 0.1) is 25.4 Å². The topological polar surface area (TPSA) is 115 Å². The van der Waals surface area contributed by atoms with Crippen molar-refractivity contribution in [2.24, 2.45) is 7.05 Å². The highest BCUT2D eigenvalue weighted by molar-refractivity contribution is 5.72. The van der Waals surface area contributed by atoms with E-state index in [1.54, 1.807) is 18.8 Å². The molecule has 10 nitrogen and oxygen atoms in total. The summed E-state index contributed by atoms with van der Waals surface area (Å²) in [6.45, 7) is 1.95. The summed E-state index contributed by atoms with van der Waals surface area (Å²) in [6.07, 6.45) is 5.28. The first-order valence-corrected chi connectivity index (χ1v) is 9.12. The van der Waals surface area contributed by atoms with Gasteiger partial charge in [-0.25, -0.2) is 4.98 Å². The number of methoxy groups -OCH3 is 1. The number of nitrogens with zero attached hydrogens (tertiary/aromatic N) is 6. The minimum absolute atomic E-state index is 0.0232. The molecule has 0 bridgehead atoms. The minimum atomic E-state index is -0.170. The zero-order valence-corrected chi connectivity index (χ0v) is 15.5. The maximum Gasteiger partial charge on any atom is 0.262 e. The zero-order chi connectivity index (χ0) is 18.8. The van der Waals surface area contributed by atoms with Crippen LogP contribution in [-0.2, 0) is 24.8 Å². The van der Waals surface area contributed by atoms with Crippen molar-refractivity contribution in [1.82, 2.24) is 34.8 Å². The van der Waals surface area contributed by atoms with Crippen LogP contribution in [0.15, 0.2) is 15.5 Å². The highest BCUT2D eigenvalue weighted by Gasteiger charge is 2.29. The third-order valence-corrected chi connectivity index (χ3v) is 4.92. The van der Waals surface area contributed by atoms with E-state index in [-0.39, 0.29) is 11.6 Å². The molecule has 1 N–H and O–H groups in total. The van der Waals surface area contributed by atoms with Crippen LogP contribution in [0.3, 0.4) is 0 Å². The predicted molar refractivity (Wildman–Crippen MR) is 96.0 cm³/mol. The van der Waals surface area contributed by atoms with Crippen LogP contribution < -0.4 is 5.56 Å². The van der Waals surface area contributed by atoms with Crippen molar-refractivity contribution in [1.29, 1.82) is 0 Å². The van der Waals surface area contributed by atoms with Gasteiger partial charge in [-0.2, -0.15) is 10.1 Å². The molecule has 0 spiro atoms. The Kier molecular flexibility index (Phi) is 4.99. The lowest BCUT2D eigenvalue weighted by molar-refractivity contribution is 0.108. The van der Waals surface area contributed by atoms with Gasteiger partial charge in [-0.3, -0.25) is 14.4 Å². The Morgan fingerprint density at radius 2 is 2.26 bits per heavy atom. The summed E-state index contributed by atoms with van der Waals surface area (Å²) < 4.78 is 12.2. The highest BCUT2D eigenvalue weighted by Crippen LogP contribution is 2.30. The van der Waals surface area contributed by atoms with E-state index in [1.165, 1.54) is 6.20 Å². The van der Waals surface area contributed by atoms with Crippen molar-refractivity contribution in [2.75, 3.05) is 20.3 Å². The van der Waals surface area contributed by atoms with Gasteiger partial charge in [-0.05, 0) is 19.4 Å². The fourth-order valence-corrected chi connectivity index (χ4v) is 3.50. The summed E-state index contributed by atoms with van der Waals surface area (Å²) in [5.41, 5.74) is 0.415. The fraction of sp³-hybridized carbons (Fsp3) is 0.588. The Morgan fingerprint density at radius 1 is 1.37 bits per heavy atom. The van der Waals surface area contributed by atoms with Gasteiger partial charge < -0.3 is 14.2 Å². The SMILES string of the molecule is COCCc1noc([C@@H]2CCCCN2Cc2nc3c(cnn3C)c(=O)[nH]2)n1. The van der Waals surface area contributed by atoms with Crippen LogP contribution in [0.4, 0.5) is 0 Å². The lowest BCUT2D eigenvalue weighted by Gasteiger charge is -2.32. The average molecular weight is 373 g/mol. The van der Waals surface area contributed by atoms with E-state index in [0.29, 0.717) is 48.1 Å². The van der Waals surface area contributed by atoms with Gasteiger partial charge in [0.25, 0.3) is 5.56 Å². The number of aromatic amines is 1. The van der Waals surface area contributed by atoms with Crippen LogP contribution in [0, 0.1) is 0 Å². The minimum Gasteiger partial charge on any atom is -0.384 e. The molecule has 0 unspecified atom stereocenters. The van der Waals surface area contributed by atoms with Crippen LogP contribution in [0.1, 0.15) is 42.8 Å². The third kappa shape index (κ3) is 3.62. The number of rotatable bonds is 6. The molecule has 4 rings (SSSR count). The van der Waals surface area contributed by atoms with Gasteiger partial charge in [0.1, 0.15) is 11.2 Å². The van der Waals surface area contributed by atoms with E-state index in [2.05, 4.69) is 30.1 Å². The monoisotopic (exact) mass is 373 g/mol. The van der Waals surface area contributed by atoms with Crippen molar-refractivity contribution >= 4 is 11.0 Å². The fourth-order valence-electron chi connectivity index (χ4n) is 3.50. The number of aryl methyl sites for hydroxylation is 1. The summed E-state index contributed by atoms with van der Waals surface area (Å²) in [7, 11) is 3.43. The maximum absolute atomic E-state index is 12.3. The van der Waals surface area contributed by atoms with Crippen LogP contribution >= 0.6 is 0 Å².